The van der Waals surface area contributed by atoms with Gasteiger partial charge in [-0.05, 0) is 35.0 Å². The number of carbonyl (C=O) groups is 1. The number of carboxylic acid groups (broad SMARTS) is 1. The van der Waals surface area contributed by atoms with Gasteiger partial charge in [0, 0.05) is 0 Å². The second-order valence-electron chi connectivity index (χ2n) is 3.34. The van der Waals surface area contributed by atoms with Crippen LogP contribution in [0.2, 0.25) is 0 Å². The van der Waals surface area contributed by atoms with Gasteiger partial charge in [0.25, 0.3) is 0 Å². The molecule has 0 fully saturated rings. The van der Waals surface area contributed by atoms with Crippen molar-refractivity contribution in [3.63, 3.8) is 0 Å². The first-order valence-electron chi connectivity index (χ1n) is 4.59. The molecular formula is C10H9BrN2O3. The molecule has 5 nitrogen and oxygen atoms in total. The SMILES string of the molecule is Cc1ccc(-c2nc(Br)[nH]c2CC(=O)O)o1. The second-order valence-corrected chi connectivity index (χ2v) is 4.09. The number of aromatic amines is 1. The summed E-state index contributed by atoms with van der Waals surface area (Å²) in [5.41, 5.74) is 1.05. The number of nitrogens with zero attached hydrogens (tertiary/aromatic N) is 1. The van der Waals surface area contributed by atoms with Gasteiger partial charge in [0.15, 0.2) is 10.5 Å². The van der Waals surface area contributed by atoms with E-state index in [4.69, 9.17) is 9.52 Å². The molecule has 0 unspecified atom stereocenters. The van der Waals surface area contributed by atoms with Gasteiger partial charge in [-0.15, -0.1) is 0 Å². The minimum absolute atomic E-state index is 0.117. The van der Waals surface area contributed by atoms with Crippen molar-refractivity contribution in [2.24, 2.45) is 0 Å². The highest BCUT2D eigenvalue weighted by Crippen LogP contribution is 2.25. The van der Waals surface area contributed by atoms with Crippen molar-refractivity contribution < 1.29 is 14.3 Å². The zero-order valence-electron chi connectivity index (χ0n) is 8.45. The number of furan rings is 1. The van der Waals surface area contributed by atoms with Crippen molar-refractivity contribution in [3.05, 3.63) is 28.3 Å². The van der Waals surface area contributed by atoms with E-state index in [2.05, 4.69) is 25.9 Å². The molecule has 0 aromatic carbocycles. The number of hydrogen-bond donors (Lipinski definition) is 2. The number of nitrogens with one attached hydrogen (secondary N) is 1. The van der Waals surface area contributed by atoms with Gasteiger partial charge in [0.1, 0.15) is 11.5 Å². The van der Waals surface area contributed by atoms with Gasteiger partial charge < -0.3 is 14.5 Å². The highest BCUT2D eigenvalue weighted by Gasteiger charge is 2.16. The summed E-state index contributed by atoms with van der Waals surface area (Å²) in [4.78, 5) is 17.7. The van der Waals surface area contributed by atoms with E-state index >= 15 is 0 Å². The maximum absolute atomic E-state index is 10.7. The molecule has 0 radical (unpaired) electrons. The molecule has 0 aliphatic carbocycles. The Hall–Kier alpha value is -1.56. The third-order valence-corrected chi connectivity index (χ3v) is 2.43. The van der Waals surface area contributed by atoms with Crippen LogP contribution in [-0.2, 0) is 11.2 Å². The first-order valence-corrected chi connectivity index (χ1v) is 5.38. The number of halogens is 1. The number of hydrogen-bond acceptors (Lipinski definition) is 3. The van der Waals surface area contributed by atoms with Crippen molar-refractivity contribution >= 4 is 21.9 Å². The monoisotopic (exact) mass is 284 g/mol. The number of aromatic nitrogens is 2. The van der Waals surface area contributed by atoms with E-state index < -0.39 is 5.97 Å². The minimum Gasteiger partial charge on any atom is -0.481 e. The predicted molar refractivity (Wildman–Crippen MR) is 60.1 cm³/mol. The van der Waals surface area contributed by atoms with Crippen LogP contribution in [0.4, 0.5) is 0 Å². The van der Waals surface area contributed by atoms with E-state index in [1.54, 1.807) is 6.07 Å². The van der Waals surface area contributed by atoms with Crippen LogP contribution in [0.25, 0.3) is 11.5 Å². The topological polar surface area (TPSA) is 79.1 Å². The highest BCUT2D eigenvalue weighted by atomic mass is 79.9. The Morgan fingerprint density at radius 3 is 2.94 bits per heavy atom. The van der Waals surface area contributed by atoms with Gasteiger partial charge in [0.2, 0.25) is 0 Å². The summed E-state index contributed by atoms with van der Waals surface area (Å²) in [6.45, 7) is 1.82. The molecule has 2 heterocycles. The normalized spacial score (nSPS) is 10.6. The highest BCUT2D eigenvalue weighted by molar-refractivity contribution is 9.10. The molecule has 0 spiro atoms. The van der Waals surface area contributed by atoms with E-state index in [0.717, 1.165) is 5.76 Å². The van der Waals surface area contributed by atoms with Crippen molar-refractivity contribution in [1.29, 1.82) is 0 Å². The van der Waals surface area contributed by atoms with Gasteiger partial charge in [-0.2, -0.15) is 0 Å². The summed E-state index contributed by atoms with van der Waals surface area (Å²) in [7, 11) is 0. The van der Waals surface area contributed by atoms with Gasteiger partial charge in [-0.1, -0.05) is 0 Å². The van der Waals surface area contributed by atoms with E-state index in [1.807, 2.05) is 13.0 Å². The molecule has 0 atom stereocenters. The van der Waals surface area contributed by atoms with Crippen LogP contribution in [0.3, 0.4) is 0 Å². The van der Waals surface area contributed by atoms with Gasteiger partial charge >= 0.3 is 5.97 Å². The fourth-order valence-corrected chi connectivity index (χ4v) is 1.84. The average molecular weight is 285 g/mol. The summed E-state index contributed by atoms with van der Waals surface area (Å²) < 4.78 is 5.90. The summed E-state index contributed by atoms with van der Waals surface area (Å²) >= 11 is 3.18. The van der Waals surface area contributed by atoms with Crippen LogP contribution in [0.1, 0.15) is 11.5 Å². The fourth-order valence-electron chi connectivity index (χ4n) is 1.42. The van der Waals surface area contributed by atoms with Crippen molar-refractivity contribution in [3.8, 4) is 11.5 Å². The lowest BCUT2D eigenvalue weighted by Crippen LogP contribution is -2.01. The molecule has 16 heavy (non-hydrogen) atoms. The molecule has 0 saturated carbocycles. The zero-order chi connectivity index (χ0) is 11.7. The molecule has 0 saturated heterocycles. The molecule has 0 aliphatic heterocycles. The van der Waals surface area contributed by atoms with Gasteiger partial charge in [-0.25, -0.2) is 4.98 Å². The molecular weight excluding hydrogens is 276 g/mol. The summed E-state index contributed by atoms with van der Waals surface area (Å²) in [6.07, 6.45) is -0.117. The standard InChI is InChI=1S/C10H9BrN2O3/c1-5-2-3-7(16-5)9-6(4-8(14)15)12-10(11)13-9/h2-3H,4H2,1H3,(H,12,13)(H,14,15). The maximum atomic E-state index is 10.7. The summed E-state index contributed by atoms with van der Waals surface area (Å²) in [5.74, 6) is 0.409. The lowest BCUT2D eigenvalue weighted by atomic mass is 10.2. The Labute approximate surface area is 99.6 Å². The Kier molecular flexibility index (Phi) is 2.82. The molecule has 84 valence electrons. The molecule has 2 aromatic heterocycles. The Balaban J connectivity index is 2.43. The first-order chi connectivity index (χ1) is 7.56. The summed E-state index contributed by atoms with van der Waals surface area (Å²) in [6, 6.07) is 3.58. The third-order valence-electron chi connectivity index (χ3n) is 2.05. The Bertz CT molecular complexity index is 530. The molecule has 2 N–H and O–H groups in total. The molecule has 0 bridgehead atoms. The lowest BCUT2D eigenvalue weighted by Gasteiger charge is -1.95. The summed E-state index contributed by atoms with van der Waals surface area (Å²) in [5, 5.41) is 8.76. The van der Waals surface area contributed by atoms with E-state index in [1.165, 1.54) is 0 Å². The fraction of sp³-hybridized carbons (Fsp3) is 0.200. The lowest BCUT2D eigenvalue weighted by molar-refractivity contribution is -0.136. The molecule has 0 aliphatic rings. The molecule has 0 amide bonds. The predicted octanol–water partition coefficient (Wildman–Crippen LogP) is 2.37. The van der Waals surface area contributed by atoms with Crippen molar-refractivity contribution in [2.75, 3.05) is 0 Å². The smallest absolute Gasteiger partial charge is 0.309 e. The van der Waals surface area contributed by atoms with E-state index in [9.17, 15) is 4.79 Å². The Morgan fingerprint density at radius 1 is 1.62 bits per heavy atom. The number of H-pyrrole nitrogens is 1. The van der Waals surface area contributed by atoms with Crippen LogP contribution in [0.15, 0.2) is 21.3 Å². The molecule has 2 rings (SSSR count). The van der Waals surface area contributed by atoms with Gasteiger partial charge in [0.05, 0.1) is 12.1 Å². The molecule has 6 heteroatoms. The second kappa shape index (κ2) is 4.13. The average Bonchev–Trinajstić information content (AvgIpc) is 2.72. The quantitative estimate of drug-likeness (QED) is 0.907. The zero-order valence-corrected chi connectivity index (χ0v) is 10.0. The number of rotatable bonds is 3. The Morgan fingerprint density at radius 2 is 2.38 bits per heavy atom. The van der Waals surface area contributed by atoms with Crippen LogP contribution in [0.5, 0.6) is 0 Å². The largest absolute Gasteiger partial charge is 0.481 e. The van der Waals surface area contributed by atoms with Crippen molar-refractivity contribution in [1.82, 2.24) is 9.97 Å². The number of imidazole rings is 1. The number of aliphatic carboxylic acids is 1. The van der Waals surface area contributed by atoms with Crippen LogP contribution >= 0.6 is 15.9 Å². The number of carboxylic acids is 1. The third kappa shape index (κ3) is 2.16. The van der Waals surface area contributed by atoms with Crippen LogP contribution in [0, 0.1) is 6.92 Å². The number of aryl methyl sites for hydroxylation is 1. The minimum atomic E-state index is -0.916. The van der Waals surface area contributed by atoms with E-state index in [-0.39, 0.29) is 6.42 Å². The van der Waals surface area contributed by atoms with Crippen molar-refractivity contribution in [2.45, 2.75) is 13.3 Å². The molecule has 2 aromatic rings. The maximum Gasteiger partial charge on any atom is 0.309 e. The first kappa shape index (κ1) is 10.9. The van der Waals surface area contributed by atoms with Crippen LogP contribution < -0.4 is 0 Å². The van der Waals surface area contributed by atoms with Gasteiger partial charge in [-0.3, -0.25) is 4.79 Å². The van der Waals surface area contributed by atoms with Crippen LogP contribution in [-0.4, -0.2) is 21.0 Å². The van der Waals surface area contributed by atoms with E-state index in [0.29, 0.717) is 21.9 Å².